The first-order valence-corrected chi connectivity index (χ1v) is 7.62. The molecule has 0 unspecified atom stereocenters. The zero-order valence-corrected chi connectivity index (χ0v) is 12.4. The number of ether oxygens (including phenoxy) is 1. The fourth-order valence-electron chi connectivity index (χ4n) is 2.04. The van der Waals surface area contributed by atoms with E-state index < -0.39 is 0 Å². The van der Waals surface area contributed by atoms with Crippen molar-refractivity contribution in [2.24, 2.45) is 0 Å². The summed E-state index contributed by atoms with van der Waals surface area (Å²) < 4.78 is 5.84. The van der Waals surface area contributed by atoms with Gasteiger partial charge in [0.1, 0.15) is 12.4 Å². The molecule has 102 valence electrons. The minimum atomic E-state index is 0.718. The largest absolute Gasteiger partial charge is 0.492 e. The standard InChI is InChI=1S/C16H21NOS/c1-13-4-3-5-14(2)16(13)18-10-9-17-8-6-15-7-11-19-12-15/h3-5,7,11-12,17H,6,8-10H2,1-2H3. The Morgan fingerprint density at radius 3 is 2.58 bits per heavy atom. The zero-order valence-electron chi connectivity index (χ0n) is 11.6. The Balaban J connectivity index is 1.64. The molecule has 0 aliphatic rings. The Bertz CT molecular complexity index is 473. The summed E-state index contributed by atoms with van der Waals surface area (Å²) >= 11 is 1.76. The van der Waals surface area contributed by atoms with Crippen LogP contribution in [0.2, 0.25) is 0 Å². The van der Waals surface area contributed by atoms with Gasteiger partial charge in [0.05, 0.1) is 0 Å². The molecule has 0 fully saturated rings. The molecular formula is C16H21NOS. The molecule has 2 rings (SSSR count). The molecule has 1 N–H and O–H groups in total. The third kappa shape index (κ3) is 4.37. The van der Waals surface area contributed by atoms with E-state index in [1.165, 1.54) is 16.7 Å². The van der Waals surface area contributed by atoms with Crippen molar-refractivity contribution in [1.82, 2.24) is 5.32 Å². The SMILES string of the molecule is Cc1cccc(C)c1OCCNCCc1ccsc1. The van der Waals surface area contributed by atoms with E-state index in [-0.39, 0.29) is 0 Å². The molecule has 0 spiro atoms. The second-order valence-corrected chi connectivity index (χ2v) is 5.48. The summed E-state index contributed by atoms with van der Waals surface area (Å²) in [6.07, 6.45) is 1.09. The summed E-state index contributed by atoms with van der Waals surface area (Å²) in [4.78, 5) is 0. The molecule has 2 aromatic rings. The van der Waals surface area contributed by atoms with Crippen molar-refractivity contribution >= 4 is 11.3 Å². The fraction of sp³-hybridized carbons (Fsp3) is 0.375. The van der Waals surface area contributed by atoms with E-state index in [1.54, 1.807) is 11.3 Å². The molecule has 0 amide bonds. The highest BCUT2D eigenvalue weighted by atomic mass is 32.1. The highest BCUT2D eigenvalue weighted by Crippen LogP contribution is 2.21. The van der Waals surface area contributed by atoms with Crippen LogP contribution >= 0.6 is 11.3 Å². The smallest absolute Gasteiger partial charge is 0.125 e. The molecule has 1 heterocycles. The molecule has 2 nitrogen and oxygen atoms in total. The van der Waals surface area contributed by atoms with Gasteiger partial charge in [0.15, 0.2) is 0 Å². The summed E-state index contributed by atoms with van der Waals surface area (Å²) in [6.45, 7) is 6.79. The molecule has 3 heteroatoms. The molecule has 1 aromatic heterocycles. The molecule has 0 bridgehead atoms. The van der Waals surface area contributed by atoms with Gasteiger partial charge >= 0.3 is 0 Å². The molecule has 0 saturated heterocycles. The van der Waals surface area contributed by atoms with Crippen molar-refractivity contribution in [3.05, 3.63) is 51.7 Å². The van der Waals surface area contributed by atoms with Crippen LogP contribution in [0.1, 0.15) is 16.7 Å². The van der Waals surface area contributed by atoms with E-state index in [0.29, 0.717) is 0 Å². The van der Waals surface area contributed by atoms with Gasteiger partial charge in [0.2, 0.25) is 0 Å². The molecule has 1 aromatic carbocycles. The number of thiophene rings is 1. The lowest BCUT2D eigenvalue weighted by Crippen LogP contribution is -2.23. The van der Waals surface area contributed by atoms with Crippen LogP contribution in [0.15, 0.2) is 35.0 Å². The van der Waals surface area contributed by atoms with E-state index in [0.717, 1.165) is 31.9 Å². The lowest BCUT2D eigenvalue weighted by Gasteiger charge is -2.12. The summed E-state index contributed by atoms with van der Waals surface area (Å²) in [6, 6.07) is 8.43. The summed E-state index contributed by atoms with van der Waals surface area (Å²) in [5.41, 5.74) is 3.82. The molecule has 0 aliphatic carbocycles. The zero-order chi connectivity index (χ0) is 13.5. The Hall–Kier alpha value is -1.32. The lowest BCUT2D eigenvalue weighted by molar-refractivity contribution is 0.310. The second-order valence-electron chi connectivity index (χ2n) is 4.70. The highest BCUT2D eigenvalue weighted by molar-refractivity contribution is 7.07. The van der Waals surface area contributed by atoms with Gasteiger partial charge in [-0.15, -0.1) is 0 Å². The lowest BCUT2D eigenvalue weighted by atomic mass is 10.1. The summed E-state index contributed by atoms with van der Waals surface area (Å²) in [5.74, 6) is 1.03. The maximum absolute atomic E-state index is 5.84. The van der Waals surface area contributed by atoms with E-state index in [4.69, 9.17) is 4.74 Å². The monoisotopic (exact) mass is 275 g/mol. The number of aryl methyl sites for hydroxylation is 2. The third-order valence-electron chi connectivity index (χ3n) is 3.10. The van der Waals surface area contributed by atoms with Gasteiger partial charge in [-0.1, -0.05) is 18.2 Å². The Morgan fingerprint density at radius 1 is 1.11 bits per heavy atom. The van der Waals surface area contributed by atoms with Gasteiger partial charge < -0.3 is 10.1 Å². The van der Waals surface area contributed by atoms with Gasteiger partial charge in [-0.3, -0.25) is 0 Å². The minimum Gasteiger partial charge on any atom is -0.492 e. The van der Waals surface area contributed by atoms with Gasteiger partial charge in [0, 0.05) is 6.54 Å². The van der Waals surface area contributed by atoms with E-state index >= 15 is 0 Å². The van der Waals surface area contributed by atoms with Crippen LogP contribution in [0.5, 0.6) is 5.75 Å². The fourth-order valence-corrected chi connectivity index (χ4v) is 2.75. The second kappa shape index (κ2) is 7.31. The number of hydrogen-bond acceptors (Lipinski definition) is 3. The van der Waals surface area contributed by atoms with Crippen molar-refractivity contribution in [2.45, 2.75) is 20.3 Å². The quantitative estimate of drug-likeness (QED) is 0.780. The molecular weight excluding hydrogens is 254 g/mol. The first-order valence-electron chi connectivity index (χ1n) is 6.68. The van der Waals surface area contributed by atoms with E-state index in [2.05, 4.69) is 54.2 Å². The number of hydrogen-bond donors (Lipinski definition) is 1. The van der Waals surface area contributed by atoms with Crippen molar-refractivity contribution in [3.8, 4) is 5.75 Å². The maximum Gasteiger partial charge on any atom is 0.125 e. The maximum atomic E-state index is 5.84. The van der Waals surface area contributed by atoms with Crippen molar-refractivity contribution < 1.29 is 4.74 Å². The average molecular weight is 275 g/mol. The Labute approximate surface area is 119 Å². The summed E-state index contributed by atoms with van der Waals surface area (Å²) in [5, 5.41) is 7.74. The van der Waals surface area contributed by atoms with Gasteiger partial charge in [-0.2, -0.15) is 11.3 Å². The number of rotatable bonds is 7. The van der Waals surface area contributed by atoms with Crippen LogP contribution < -0.4 is 10.1 Å². The Morgan fingerprint density at radius 2 is 1.89 bits per heavy atom. The topological polar surface area (TPSA) is 21.3 Å². The first-order chi connectivity index (χ1) is 9.27. The minimum absolute atomic E-state index is 0.718. The molecule has 0 saturated carbocycles. The Kier molecular flexibility index (Phi) is 5.43. The summed E-state index contributed by atoms with van der Waals surface area (Å²) in [7, 11) is 0. The number of para-hydroxylation sites is 1. The highest BCUT2D eigenvalue weighted by Gasteiger charge is 2.02. The third-order valence-corrected chi connectivity index (χ3v) is 3.84. The average Bonchev–Trinajstić information content (AvgIpc) is 2.89. The molecule has 19 heavy (non-hydrogen) atoms. The van der Waals surface area contributed by atoms with Crippen LogP contribution in [0, 0.1) is 13.8 Å². The van der Waals surface area contributed by atoms with E-state index in [1.807, 2.05) is 0 Å². The van der Waals surface area contributed by atoms with Crippen molar-refractivity contribution in [1.29, 1.82) is 0 Å². The van der Waals surface area contributed by atoms with Crippen LogP contribution in [0.25, 0.3) is 0 Å². The van der Waals surface area contributed by atoms with Crippen molar-refractivity contribution in [2.75, 3.05) is 19.7 Å². The van der Waals surface area contributed by atoms with Crippen LogP contribution in [-0.4, -0.2) is 19.7 Å². The van der Waals surface area contributed by atoms with Gasteiger partial charge in [0.25, 0.3) is 0 Å². The predicted molar refractivity (Wildman–Crippen MR) is 82.3 cm³/mol. The normalized spacial score (nSPS) is 10.6. The first kappa shape index (κ1) is 14.1. The van der Waals surface area contributed by atoms with Gasteiger partial charge in [-0.25, -0.2) is 0 Å². The van der Waals surface area contributed by atoms with Crippen LogP contribution in [0.4, 0.5) is 0 Å². The number of benzene rings is 1. The van der Waals surface area contributed by atoms with E-state index in [9.17, 15) is 0 Å². The predicted octanol–water partition coefficient (Wildman–Crippen LogP) is 3.58. The molecule has 0 radical (unpaired) electrons. The molecule has 0 atom stereocenters. The van der Waals surface area contributed by atoms with Crippen molar-refractivity contribution in [3.63, 3.8) is 0 Å². The number of nitrogens with one attached hydrogen (secondary N) is 1. The molecule has 0 aliphatic heterocycles. The van der Waals surface area contributed by atoms with Crippen LogP contribution in [0.3, 0.4) is 0 Å². The van der Waals surface area contributed by atoms with Gasteiger partial charge in [-0.05, 0) is 60.3 Å². The van der Waals surface area contributed by atoms with Crippen LogP contribution in [-0.2, 0) is 6.42 Å².